The molecule has 6 rings (SSSR count). The van der Waals surface area contributed by atoms with Crippen molar-refractivity contribution in [2.24, 2.45) is 21.7 Å². The van der Waals surface area contributed by atoms with Gasteiger partial charge in [0.05, 0.1) is 5.92 Å². The lowest BCUT2D eigenvalue weighted by molar-refractivity contribution is -0.280. The maximum Gasteiger partial charge on any atom is 0.307 e. The van der Waals surface area contributed by atoms with Gasteiger partial charge in [-0.2, -0.15) is 0 Å². The number of nitrogens with one attached hydrogen (secondary N) is 1. The highest BCUT2D eigenvalue weighted by Crippen LogP contribution is 2.75. The number of hydrogen-bond acceptors (Lipinski definition) is 9. The molecule has 3 aliphatic carbocycles. The average Bonchev–Trinajstić information content (AvgIpc) is 2.81. The fourth-order valence-electron chi connectivity index (χ4n) is 5.62. The van der Waals surface area contributed by atoms with Crippen LogP contribution in [0.1, 0.15) is 26.2 Å². The predicted octanol–water partition coefficient (Wildman–Crippen LogP) is 2.97. The second-order valence-corrected chi connectivity index (χ2v) is 10.3. The Bertz CT molecular complexity index is 1150. The Morgan fingerprint density at radius 2 is 1.89 bits per heavy atom. The topological polar surface area (TPSA) is 131 Å². The van der Waals surface area contributed by atoms with E-state index >= 15 is 0 Å². The highest BCUT2D eigenvalue weighted by Gasteiger charge is 2.72. The van der Waals surface area contributed by atoms with Gasteiger partial charge >= 0.3 is 5.97 Å². The molecule has 12 heteroatoms. The van der Waals surface area contributed by atoms with E-state index in [1.807, 2.05) is 0 Å². The van der Waals surface area contributed by atoms with E-state index in [2.05, 4.69) is 15.3 Å². The lowest BCUT2D eigenvalue weighted by Crippen LogP contribution is -2.71. The normalized spacial score (nSPS) is 29.7. The molecule has 37 heavy (non-hydrogen) atoms. The zero-order chi connectivity index (χ0) is 26.4. The van der Waals surface area contributed by atoms with E-state index in [9.17, 15) is 28.9 Å². The third kappa shape index (κ3) is 4.83. The molecule has 4 aliphatic rings. The van der Waals surface area contributed by atoms with Crippen molar-refractivity contribution >= 4 is 17.6 Å². The summed E-state index contributed by atoms with van der Waals surface area (Å²) in [6.07, 6.45) is -2.62. The van der Waals surface area contributed by atoms with Crippen LogP contribution in [0.2, 0.25) is 0 Å². The molecule has 2 unspecified atom stereocenters. The van der Waals surface area contributed by atoms with Crippen molar-refractivity contribution in [3.05, 3.63) is 48.7 Å². The van der Waals surface area contributed by atoms with Crippen LogP contribution in [0.4, 0.5) is 14.5 Å². The number of ether oxygens (including phenoxy) is 1. The van der Waals surface area contributed by atoms with Crippen LogP contribution in [-0.4, -0.2) is 74.3 Å². The Morgan fingerprint density at radius 3 is 2.49 bits per heavy atom. The highest BCUT2D eigenvalue weighted by atomic mass is 19.3. The number of halogens is 2. The summed E-state index contributed by atoms with van der Waals surface area (Å²) in [5.74, 6) is -0.807. The minimum absolute atomic E-state index is 0.154. The van der Waals surface area contributed by atoms with Crippen molar-refractivity contribution in [1.29, 1.82) is 0 Å². The molecule has 10 nitrogen and oxygen atoms in total. The number of anilines is 1. The number of aliphatic carboxylic acids is 1. The van der Waals surface area contributed by atoms with Gasteiger partial charge in [0, 0.05) is 36.5 Å². The van der Waals surface area contributed by atoms with E-state index in [1.54, 1.807) is 48.7 Å². The van der Waals surface area contributed by atoms with Crippen LogP contribution in [0.5, 0.6) is 11.6 Å². The van der Waals surface area contributed by atoms with Crippen molar-refractivity contribution in [3.63, 3.8) is 0 Å². The van der Waals surface area contributed by atoms with E-state index in [-0.39, 0.29) is 24.5 Å². The average molecular weight is 518 g/mol. The molecule has 3 atom stereocenters. The molecule has 1 aromatic heterocycles. The fourth-order valence-corrected chi connectivity index (χ4v) is 5.62. The summed E-state index contributed by atoms with van der Waals surface area (Å²) >= 11 is 0. The first kappa shape index (κ1) is 25.3. The monoisotopic (exact) mass is 517 g/mol. The number of benzene rings is 1. The van der Waals surface area contributed by atoms with E-state index in [4.69, 9.17) is 4.74 Å². The summed E-state index contributed by atoms with van der Waals surface area (Å²) in [5.41, 5.74) is -0.732. The van der Waals surface area contributed by atoms with Gasteiger partial charge in [-0.05, 0) is 55.0 Å². The Balaban J connectivity index is 1.33. The number of pyridine rings is 1. The second-order valence-electron chi connectivity index (χ2n) is 10.3. The molecule has 4 N–H and O–H groups in total. The van der Waals surface area contributed by atoms with Crippen LogP contribution >= 0.6 is 0 Å². The number of carboxylic acid groups (broad SMARTS) is 1. The van der Waals surface area contributed by atoms with E-state index in [1.165, 1.54) is 16.7 Å². The number of aliphatic hydroxyl groups excluding tert-OH is 2. The highest BCUT2D eigenvalue weighted by molar-refractivity contribution is 5.94. The number of guanidine groups is 1. The smallest absolute Gasteiger partial charge is 0.307 e. The Kier molecular flexibility index (Phi) is 6.50. The third-order valence-electron chi connectivity index (χ3n) is 7.41. The zero-order valence-corrected chi connectivity index (χ0v) is 20.2. The van der Waals surface area contributed by atoms with Crippen LogP contribution in [-0.2, 0) is 4.79 Å². The Labute approximate surface area is 212 Å². The van der Waals surface area contributed by atoms with Crippen LogP contribution in [0.3, 0.4) is 0 Å². The molecule has 2 heterocycles. The first-order valence-electron chi connectivity index (χ1n) is 12.0. The minimum atomic E-state index is -2.38. The van der Waals surface area contributed by atoms with E-state index < -0.39 is 36.4 Å². The molecule has 0 saturated heterocycles. The quantitative estimate of drug-likeness (QED) is 0.397. The fraction of sp³-hybridized carbons (Fsp3) is 0.480. The first-order valence-corrected chi connectivity index (χ1v) is 12.0. The molecule has 3 saturated carbocycles. The molecule has 198 valence electrons. The number of carbonyl (C=O) groups is 1. The van der Waals surface area contributed by atoms with Gasteiger partial charge < -0.3 is 30.3 Å². The summed E-state index contributed by atoms with van der Waals surface area (Å²) in [4.78, 5) is 22.4. The van der Waals surface area contributed by atoms with Gasteiger partial charge in [-0.3, -0.25) is 4.79 Å². The Hall–Kier alpha value is -3.35. The number of rotatable bonds is 9. The molecular weight excluding hydrogens is 488 g/mol. The van der Waals surface area contributed by atoms with Crippen molar-refractivity contribution in [3.8, 4) is 11.6 Å². The van der Waals surface area contributed by atoms with Crippen LogP contribution in [0, 0.1) is 16.7 Å². The van der Waals surface area contributed by atoms with Gasteiger partial charge in [-0.1, -0.05) is 13.0 Å². The maximum atomic E-state index is 13.4. The van der Waals surface area contributed by atoms with Crippen molar-refractivity contribution in [2.45, 2.75) is 45.3 Å². The van der Waals surface area contributed by atoms with Gasteiger partial charge in [0.2, 0.25) is 24.6 Å². The van der Waals surface area contributed by atoms with Gasteiger partial charge in [0.15, 0.2) is 6.35 Å². The summed E-state index contributed by atoms with van der Waals surface area (Å²) < 4.78 is 32.5. The number of aliphatic imine (C=N–C) groups is 1. The number of aliphatic hydroxyl groups is 2. The molecule has 0 amide bonds. The van der Waals surface area contributed by atoms with Gasteiger partial charge in [0.25, 0.3) is 0 Å². The lowest BCUT2D eigenvalue weighted by Gasteiger charge is -2.71. The number of nitrogens with zero attached hydrogens (tertiary/aromatic N) is 4. The van der Waals surface area contributed by atoms with Crippen LogP contribution in [0.15, 0.2) is 53.7 Å². The number of aromatic nitrogens is 1. The third-order valence-corrected chi connectivity index (χ3v) is 7.41. The molecule has 2 bridgehead atoms. The van der Waals surface area contributed by atoms with Crippen LogP contribution < -0.4 is 10.1 Å². The number of alkyl halides is 2. The van der Waals surface area contributed by atoms with E-state index in [0.29, 0.717) is 36.6 Å². The van der Waals surface area contributed by atoms with Gasteiger partial charge in [-0.15, -0.1) is 0 Å². The number of hydrogen-bond donors (Lipinski definition) is 4. The molecular formula is C25H29F2N5O5. The Morgan fingerprint density at radius 1 is 1.19 bits per heavy atom. The summed E-state index contributed by atoms with van der Waals surface area (Å²) in [6, 6.07) is 12.2. The largest absolute Gasteiger partial charge is 0.481 e. The standard InChI is InChI=1S/C25H29F2N5O5/c1-15(19(33)34)10-31-22(35)30-21(32(23(31)36)14-24-11-25(12-24,13-24)20(26)27)29-16-5-7-17(8-6-16)37-18-4-2-3-9-28-18/h2-9,15,20,22-23,35-36H,10-14H2,1H3,(H,29,30)(H,33,34)/t15-,22?,23?,24?,25?/m0/s1. The summed E-state index contributed by atoms with van der Waals surface area (Å²) in [6.45, 7) is 1.55. The van der Waals surface area contributed by atoms with Gasteiger partial charge in [-0.25, -0.2) is 23.7 Å². The zero-order valence-electron chi connectivity index (χ0n) is 20.2. The molecule has 3 fully saturated rings. The second kappa shape index (κ2) is 9.51. The summed E-state index contributed by atoms with van der Waals surface area (Å²) in [7, 11) is 0. The number of carboxylic acids is 1. The molecule has 1 aromatic carbocycles. The van der Waals surface area contributed by atoms with Crippen LogP contribution in [0.25, 0.3) is 0 Å². The molecule has 0 spiro atoms. The maximum absolute atomic E-state index is 13.4. The molecule has 2 aromatic rings. The first-order chi connectivity index (χ1) is 17.6. The molecule has 0 radical (unpaired) electrons. The predicted molar refractivity (Wildman–Crippen MR) is 129 cm³/mol. The molecule has 1 aliphatic heterocycles. The minimum Gasteiger partial charge on any atom is -0.481 e. The lowest BCUT2D eigenvalue weighted by atomic mass is 9.35. The summed E-state index contributed by atoms with van der Waals surface area (Å²) in [5, 5.41) is 34.2. The van der Waals surface area contributed by atoms with E-state index in [0.717, 1.165) is 0 Å². The van der Waals surface area contributed by atoms with Crippen molar-refractivity contribution in [1.82, 2.24) is 14.8 Å². The SMILES string of the molecule is C[C@@H](CN1C(O)N=C(Nc2ccc(Oc3ccccn3)cc2)N(CC23CC(C(F)F)(C2)C3)C1O)C(=O)O. The van der Waals surface area contributed by atoms with Crippen molar-refractivity contribution in [2.75, 3.05) is 18.4 Å². The van der Waals surface area contributed by atoms with Gasteiger partial charge in [0.1, 0.15) is 5.75 Å². The van der Waals surface area contributed by atoms with Crippen molar-refractivity contribution < 1.29 is 33.6 Å².